The first-order valence-corrected chi connectivity index (χ1v) is 14.4. The molecule has 37 heavy (non-hydrogen) atoms. The van der Waals surface area contributed by atoms with E-state index in [0.717, 1.165) is 47.1 Å². The van der Waals surface area contributed by atoms with Gasteiger partial charge in [0.15, 0.2) is 0 Å². The first kappa shape index (κ1) is 25.3. The largest absolute Gasteiger partial charge is 0.495 e. The molecular weight excluding hydrogens is 550 g/mol. The van der Waals surface area contributed by atoms with Crippen molar-refractivity contribution in [1.82, 2.24) is 4.98 Å². The highest BCUT2D eigenvalue weighted by Crippen LogP contribution is 2.36. The molecule has 1 aliphatic heterocycles. The van der Waals surface area contributed by atoms with Crippen LogP contribution in [0.4, 0.5) is 11.4 Å². The molecule has 1 N–H and O–H groups in total. The molecule has 8 heteroatoms. The van der Waals surface area contributed by atoms with Gasteiger partial charge in [-0.1, -0.05) is 46.3 Å². The number of benzene rings is 3. The third-order valence-corrected chi connectivity index (χ3v) is 8.72. The van der Waals surface area contributed by atoms with Gasteiger partial charge in [0.2, 0.25) is 0 Å². The number of ether oxygens (including phenoxy) is 1. The Morgan fingerprint density at radius 1 is 0.892 bits per heavy atom. The minimum absolute atomic E-state index is 0.197. The summed E-state index contributed by atoms with van der Waals surface area (Å²) in [4.78, 5) is 6.67. The predicted molar refractivity (Wildman–Crippen MR) is 152 cm³/mol. The molecule has 6 nitrogen and oxygen atoms in total. The van der Waals surface area contributed by atoms with Gasteiger partial charge in [-0.05, 0) is 84.0 Å². The van der Waals surface area contributed by atoms with Crippen LogP contribution < -0.4 is 14.4 Å². The van der Waals surface area contributed by atoms with E-state index < -0.39 is 10.0 Å². The lowest BCUT2D eigenvalue weighted by Gasteiger charge is -2.34. The van der Waals surface area contributed by atoms with Gasteiger partial charge in [0.05, 0.1) is 17.7 Å². The molecule has 3 aromatic carbocycles. The van der Waals surface area contributed by atoms with Gasteiger partial charge in [-0.3, -0.25) is 9.71 Å². The normalized spacial score (nSPS) is 14.4. The number of methoxy groups -OCH3 is 1. The number of anilines is 2. The second kappa shape index (κ2) is 10.9. The number of aromatic nitrogens is 1. The van der Waals surface area contributed by atoms with Crippen LogP contribution in [-0.2, 0) is 10.0 Å². The highest BCUT2D eigenvalue weighted by atomic mass is 79.9. The lowest BCUT2D eigenvalue weighted by molar-refractivity contribution is 0.414. The molecule has 4 aromatic rings. The summed E-state index contributed by atoms with van der Waals surface area (Å²) < 4.78 is 35.6. The molecular formula is C29H28BrN3O3S. The molecule has 0 amide bonds. The molecule has 1 saturated heterocycles. The molecule has 2 heterocycles. The maximum Gasteiger partial charge on any atom is 0.262 e. The molecule has 190 valence electrons. The number of piperidine rings is 1. The summed E-state index contributed by atoms with van der Waals surface area (Å²) in [5, 5.41) is 0. The maximum atomic E-state index is 13.1. The Balaban J connectivity index is 1.28. The van der Waals surface area contributed by atoms with Gasteiger partial charge in [0.1, 0.15) is 5.75 Å². The van der Waals surface area contributed by atoms with Gasteiger partial charge in [-0.25, -0.2) is 8.42 Å². The predicted octanol–water partition coefficient (Wildman–Crippen LogP) is 6.70. The van der Waals surface area contributed by atoms with Crippen LogP contribution in [0.5, 0.6) is 5.75 Å². The zero-order valence-corrected chi connectivity index (χ0v) is 22.9. The van der Waals surface area contributed by atoms with Crippen molar-refractivity contribution in [3.63, 3.8) is 0 Å². The monoisotopic (exact) mass is 577 g/mol. The second-order valence-electron chi connectivity index (χ2n) is 9.06. The summed E-state index contributed by atoms with van der Waals surface area (Å²) in [6.07, 6.45) is 5.67. The smallest absolute Gasteiger partial charge is 0.262 e. The maximum absolute atomic E-state index is 13.1. The summed E-state index contributed by atoms with van der Waals surface area (Å²) in [5.41, 5.74) is 4.75. The fourth-order valence-electron chi connectivity index (χ4n) is 4.74. The highest BCUT2D eigenvalue weighted by Gasteiger charge is 2.23. The minimum Gasteiger partial charge on any atom is -0.495 e. The van der Waals surface area contributed by atoms with Crippen molar-refractivity contribution in [2.75, 3.05) is 29.8 Å². The number of sulfonamides is 1. The number of nitrogens with zero attached hydrogens (tertiary/aromatic N) is 2. The zero-order valence-electron chi connectivity index (χ0n) is 20.5. The Labute approximate surface area is 226 Å². The molecule has 1 aromatic heterocycles. The van der Waals surface area contributed by atoms with E-state index in [9.17, 15) is 8.42 Å². The lowest BCUT2D eigenvalue weighted by Crippen LogP contribution is -2.32. The number of hydrogen-bond donors (Lipinski definition) is 1. The fourth-order valence-corrected chi connectivity index (χ4v) is 6.08. The molecule has 0 saturated carbocycles. The van der Waals surface area contributed by atoms with E-state index in [1.807, 2.05) is 73.1 Å². The third kappa shape index (κ3) is 5.81. The Kier molecular flexibility index (Phi) is 7.48. The molecule has 0 aliphatic carbocycles. The van der Waals surface area contributed by atoms with Crippen molar-refractivity contribution in [1.29, 1.82) is 0 Å². The van der Waals surface area contributed by atoms with Gasteiger partial charge in [0, 0.05) is 35.6 Å². The number of rotatable bonds is 7. The summed E-state index contributed by atoms with van der Waals surface area (Å²) in [5.74, 6) is 0.910. The molecule has 0 bridgehead atoms. The van der Waals surface area contributed by atoms with E-state index in [-0.39, 0.29) is 4.90 Å². The van der Waals surface area contributed by atoms with Gasteiger partial charge >= 0.3 is 0 Å². The Morgan fingerprint density at radius 3 is 2.14 bits per heavy atom. The van der Waals surface area contributed by atoms with Crippen LogP contribution in [0.3, 0.4) is 0 Å². The van der Waals surface area contributed by atoms with E-state index in [2.05, 4.69) is 30.5 Å². The van der Waals surface area contributed by atoms with Crippen LogP contribution in [-0.4, -0.2) is 33.6 Å². The van der Waals surface area contributed by atoms with Gasteiger partial charge in [0.25, 0.3) is 10.0 Å². The first-order chi connectivity index (χ1) is 17.9. The van der Waals surface area contributed by atoms with E-state index in [4.69, 9.17) is 4.74 Å². The molecule has 1 aliphatic rings. The van der Waals surface area contributed by atoms with Crippen molar-refractivity contribution >= 4 is 37.3 Å². The van der Waals surface area contributed by atoms with Gasteiger partial charge < -0.3 is 9.64 Å². The zero-order chi connectivity index (χ0) is 25.8. The topological polar surface area (TPSA) is 71.5 Å². The van der Waals surface area contributed by atoms with Crippen LogP contribution in [0.1, 0.15) is 24.3 Å². The third-order valence-electron chi connectivity index (χ3n) is 6.81. The molecule has 0 atom stereocenters. The number of nitrogens with one attached hydrogen (secondary N) is 1. The van der Waals surface area contributed by atoms with E-state index in [0.29, 0.717) is 17.4 Å². The van der Waals surface area contributed by atoms with Crippen LogP contribution >= 0.6 is 15.9 Å². The van der Waals surface area contributed by atoms with E-state index >= 15 is 0 Å². The lowest BCUT2D eigenvalue weighted by atomic mass is 9.89. The number of hydrogen-bond acceptors (Lipinski definition) is 5. The molecule has 0 spiro atoms. The summed E-state index contributed by atoms with van der Waals surface area (Å²) in [7, 11) is -2.21. The number of halogens is 1. The minimum atomic E-state index is -3.78. The summed E-state index contributed by atoms with van der Waals surface area (Å²) in [6.45, 7) is 1.92. The van der Waals surface area contributed by atoms with Crippen LogP contribution in [0.15, 0.2) is 101 Å². The molecule has 0 radical (unpaired) electrons. The first-order valence-electron chi connectivity index (χ1n) is 12.1. The molecule has 5 rings (SSSR count). The van der Waals surface area contributed by atoms with Crippen LogP contribution in [0.25, 0.3) is 11.1 Å². The number of pyridine rings is 1. The van der Waals surface area contributed by atoms with Crippen molar-refractivity contribution < 1.29 is 13.2 Å². The quantitative estimate of drug-likeness (QED) is 0.264. The summed E-state index contributed by atoms with van der Waals surface area (Å²) in [6, 6.07) is 24.6. The second-order valence-corrected chi connectivity index (χ2v) is 11.7. The standard InChI is InChI=1S/C29H28BrN3O3S/c1-36-29-20-24(23-14-18-33(19-15-23)26-12-16-31-17-13-26)6-11-28(29)32-37(34,35)27-9-4-22(5-10-27)21-2-7-25(30)8-3-21/h2-13,16-17,20,23,32H,14-15,18-19H2,1H3. The van der Waals surface area contributed by atoms with Gasteiger partial charge in [-0.15, -0.1) is 0 Å². The van der Waals surface area contributed by atoms with Crippen molar-refractivity contribution in [2.24, 2.45) is 0 Å². The van der Waals surface area contributed by atoms with Gasteiger partial charge in [-0.2, -0.15) is 0 Å². The Bertz CT molecular complexity index is 1450. The van der Waals surface area contributed by atoms with E-state index in [1.54, 1.807) is 25.3 Å². The van der Waals surface area contributed by atoms with E-state index in [1.165, 1.54) is 5.69 Å². The van der Waals surface area contributed by atoms with Crippen molar-refractivity contribution in [3.05, 3.63) is 101 Å². The molecule has 0 unspecified atom stereocenters. The average Bonchev–Trinajstić information content (AvgIpc) is 2.94. The van der Waals surface area contributed by atoms with Crippen LogP contribution in [0.2, 0.25) is 0 Å². The van der Waals surface area contributed by atoms with Crippen LogP contribution in [0, 0.1) is 0 Å². The SMILES string of the molecule is COc1cc(C2CCN(c3ccncc3)CC2)ccc1NS(=O)(=O)c1ccc(-c2ccc(Br)cc2)cc1. The summed E-state index contributed by atoms with van der Waals surface area (Å²) >= 11 is 3.44. The molecule has 1 fully saturated rings. The Hall–Kier alpha value is -3.36. The fraction of sp³-hybridized carbons (Fsp3) is 0.207. The van der Waals surface area contributed by atoms with Crippen molar-refractivity contribution in [2.45, 2.75) is 23.7 Å². The van der Waals surface area contributed by atoms with Crippen molar-refractivity contribution in [3.8, 4) is 16.9 Å². The average molecular weight is 579 g/mol. The Morgan fingerprint density at radius 2 is 1.51 bits per heavy atom. The highest BCUT2D eigenvalue weighted by molar-refractivity contribution is 9.10.